The molecule has 1 aromatic heterocycles. The number of sulfone groups is 1. The standard InChI is InChI=1S/C33H49FN2O4SSi/c1-10-27(41(7,38)39)16-18-29-35-31(22(2)3)28(32(36-29)24-11-13-25(34)14-12-24)17-15-26-19-23(20-30(37)40-26)21-42(8,9)33(4,5)6/h11-15,17,22-23,26-27H,10,16,18-21H2,1-9H3/b17-15+/t23-,26-,27?/m1/s1. The topological polar surface area (TPSA) is 86.2 Å². The Balaban J connectivity index is 2.00. The predicted octanol–water partition coefficient (Wildman–Crippen LogP) is 8.01. The van der Waals surface area contributed by atoms with Crippen molar-refractivity contribution in [2.24, 2.45) is 5.92 Å². The minimum atomic E-state index is -3.18. The molecule has 0 radical (unpaired) electrons. The summed E-state index contributed by atoms with van der Waals surface area (Å²) < 4.78 is 44.1. The SMILES string of the molecule is CCC(CCc1nc(-c2ccc(F)cc2)c(/C=C/[C@@H]2C[C@@H](C[Si](C)(C)C(C)(C)C)CC(=O)O2)c(C(C)C)n1)S(C)(=O)=O. The molecule has 0 saturated carbocycles. The number of carbonyl (C=O) groups excluding carboxylic acids is 1. The molecule has 2 heterocycles. The zero-order valence-corrected chi connectivity index (χ0v) is 28.6. The summed E-state index contributed by atoms with van der Waals surface area (Å²) in [4.78, 5) is 22.4. The molecule has 9 heteroatoms. The van der Waals surface area contributed by atoms with E-state index in [1.54, 1.807) is 12.1 Å². The summed E-state index contributed by atoms with van der Waals surface area (Å²) in [6.07, 6.45) is 7.44. The van der Waals surface area contributed by atoms with Crippen LogP contribution >= 0.6 is 0 Å². The van der Waals surface area contributed by atoms with Crippen LogP contribution in [0.1, 0.15) is 90.2 Å². The van der Waals surface area contributed by atoms with Gasteiger partial charge in [0.05, 0.1) is 24.7 Å². The fourth-order valence-corrected chi connectivity index (χ4v) is 9.03. The zero-order chi connectivity index (χ0) is 31.5. The van der Waals surface area contributed by atoms with E-state index < -0.39 is 23.2 Å². The van der Waals surface area contributed by atoms with E-state index in [1.807, 2.05) is 19.1 Å². The third-order valence-corrected chi connectivity index (χ3v) is 16.5. The van der Waals surface area contributed by atoms with Gasteiger partial charge in [0, 0.05) is 30.2 Å². The van der Waals surface area contributed by atoms with E-state index in [4.69, 9.17) is 14.7 Å². The molecule has 2 aromatic rings. The first-order valence-electron chi connectivity index (χ1n) is 15.1. The highest BCUT2D eigenvalue weighted by molar-refractivity contribution is 7.91. The van der Waals surface area contributed by atoms with Gasteiger partial charge in [-0.2, -0.15) is 0 Å². The van der Waals surface area contributed by atoms with Crippen LogP contribution in [0.2, 0.25) is 24.2 Å². The van der Waals surface area contributed by atoms with Gasteiger partial charge in [-0.05, 0) is 66.5 Å². The van der Waals surface area contributed by atoms with Gasteiger partial charge in [-0.1, -0.05) is 66.8 Å². The van der Waals surface area contributed by atoms with Crippen molar-refractivity contribution in [2.75, 3.05) is 6.26 Å². The largest absolute Gasteiger partial charge is 0.458 e. The Morgan fingerprint density at radius 3 is 2.33 bits per heavy atom. The fraction of sp³-hybridized carbons (Fsp3) is 0.606. The summed E-state index contributed by atoms with van der Waals surface area (Å²) in [5, 5.41) is -0.217. The molecule has 1 aliphatic rings. The molecule has 232 valence electrons. The molecular formula is C33H49FN2O4SSi. The van der Waals surface area contributed by atoms with E-state index in [-0.39, 0.29) is 34.8 Å². The van der Waals surface area contributed by atoms with Crippen LogP contribution < -0.4 is 0 Å². The summed E-state index contributed by atoms with van der Waals surface area (Å²) >= 11 is 0. The Hall–Kier alpha value is -2.39. The summed E-state index contributed by atoms with van der Waals surface area (Å²) in [5.41, 5.74) is 3.03. The van der Waals surface area contributed by atoms with Gasteiger partial charge in [-0.15, -0.1) is 0 Å². The number of halogens is 1. The molecular weight excluding hydrogens is 568 g/mol. The van der Waals surface area contributed by atoms with Crippen LogP contribution in [-0.2, 0) is 25.8 Å². The summed E-state index contributed by atoms with van der Waals surface area (Å²) in [6, 6.07) is 7.28. The minimum Gasteiger partial charge on any atom is -0.458 e. The molecule has 0 aliphatic carbocycles. The number of rotatable bonds is 11. The molecule has 0 spiro atoms. The van der Waals surface area contributed by atoms with Crippen molar-refractivity contribution in [2.45, 2.75) is 115 Å². The Bertz CT molecular complexity index is 1380. The van der Waals surface area contributed by atoms with Crippen LogP contribution in [-0.4, -0.2) is 50.0 Å². The molecule has 1 saturated heterocycles. The number of aryl methyl sites for hydroxylation is 1. The number of hydrogen-bond acceptors (Lipinski definition) is 6. The van der Waals surface area contributed by atoms with Crippen LogP contribution in [0.25, 0.3) is 17.3 Å². The van der Waals surface area contributed by atoms with Gasteiger partial charge in [-0.25, -0.2) is 22.8 Å². The lowest BCUT2D eigenvalue weighted by molar-refractivity contribution is -0.153. The van der Waals surface area contributed by atoms with E-state index in [0.29, 0.717) is 37.2 Å². The summed E-state index contributed by atoms with van der Waals surface area (Å²) in [6.45, 7) is 17.7. The number of esters is 1. The molecule has 0 amide bonds. The van der Waals surface area contributed by atoms with Crippen molar-refractivity contribution < 1.29 is 22.3 Å². The second-order valence-corrected chi connectivity index (χ2v) is 21.9. The smallest absolute Gasteiger partial charge is 0.306 e. The zero-order valence-electron chi connectivity index (χ0n) is 26.8. The van der Waals surface area contributed by atoms with Gasteiger partial charge in [0.1, 0.15) is 27.6 Å². The lowest BCUT2D eigenvalue weighted by Gasteiger charge is -2.41. The minimum absolute atomic E-state index is 0.0442. The quantitative estimate of drug-likeness (QED) is 0.188. The molecule has 42 heavy (non-hydrogen) atoms. The highest BCUT2D eigenvalue weighted by atomic mass is 32.2. The molecule has 3 rings (SSSR count). The summed E-state index contributed by atoms with van der Waals surface area (Å²) in [5.74, 6) is 0.391. The molecule has 6 nitrogen and oxygen atoms in total. The Kier molecular flexibility index (Phi) is 11.0. The molecule has 0 bridgehead atoms. The van der Waals surface area contributed by atoms with Crippen molar-refractivity contribution in [1.29, 1.82) is 0 Å². The monoisotopic (exact) mass is 616 g/mol. The van der Waals surface area contributed by atoms with Crippen LogP contribution in [0, 0.1) is 11.7 Å². The van der Waals surface area contributed by atoms with Gasteiger partial charge >= 0.3 is 5.97 Å². The molecule has 1 aromatic carbocycles. The van der Waals surface area contributed by atoms with Crippen molar-refractivity contribution >= 4 is 30.0 Å². The Morgan fingerprint density at radius 1 is 1.14 bits per heavy atom. The number of aromatic nitrogens is 2. The fourth-order valence-electron chi connectivity index (χ4n) is 5.51. The lowest BCUT2D eigenvalue weighted by Crippen LogP contribution is -2.41. The van der Waals surface area contributed by atoms with E-state index in [0.717, 1.165) is 29.3 Å². The normalized spacial score (nSPS) is 19.4. The number of cyclic esters (lactones) is 1. The van der Waals surface area contributed by atoms with E-state index in [1.165, 1.54) is 18.4 Å². The number of benzene rings is 1. The van der Waals surface area contributed by atoms with Crippen LogP contribution in [0.5, 0.6) is 0 Å². The van der Waals surface area contributed by atoms with Gasteiger partial charge in [-0.3, -0.25) is 4.79 Å². The highest BCUT2D eigenvalue weighted by Crippen LogP contribution is 2.43. The molecule has 0 N–H and O–H groups in total. The van der Waals surface area contributed by atoms with Crippen molar-refractivity contribution in [3.63, 3.8) is 0 Å². The third-order valence-electron chi connectivity index (χ3n) is 9.05. The van der Waals surface area contributed by atoms with Gasteiger partial charge in [0.25, 0.3) is 0 Å². The van der Waals surface area contributed by atoms with E-state index in [9.17, 15) is 17.6 Å². The number of hydrogen-bond donors (Lipinski definition) is 0. The van der Waals surface area contributed by atoms with Gasteiger partial charge < -0.3 is 4.74 Å². The van der Waals surface area contributed by atoms with Crippen LogP contribution in [0.15, 0.2) is 30.3 Å². The van der Waals surface area contributed by atoms with Crippen LogP contribution in [0.3, 0.4) is 0 Å². The average Bonchev–Trinajstić information content (AvgIpc) is 2.86. The first kappa shape index (κ1) is 34.1. The molecule has 3 atom stereocenters. The maximum atomic E-state index is 13.9. The Labute approximate surface area is 253 Å². The van der Waals surface area contributed by atoms with Crippen molar-refractivity contribution in [3.05, 3.63) is 53.2 Å². The van der Waals surface area contributed by atoms with Gasteiger partial charge in [0.15, 0.2) is 0 Å². The molecule has 1 aliphatic heterocycles. The number of nitrogens with zero attached hydrogens (tertiary/aromatic N) is 2. The third kappa shape index (κ3) is 8.82. The second kappa shape index (κ2) is 13.5. The molecule has 1 unspecified atom stereocenters. The highest BCUT2D eigenvalue weighted by Gasteiger charge is 2.39. The average molecular weight is 617 g/mol. The Morgan fingerprint density at radius 2 is 1.79 bits per heavy atom. The number of ether oxygens (including phenoxy) is 1. The van der Waals surface area contributed by atoms with Gasteiger partial charge in [0.2, 0.25) is 0 Å². The molecule has 1 fully saturated rings. The van der Waals surface area contributed by atoms with Crippen molar-refractivity contribution in [3.8, 4) is 11.3 Å². The van der Waals surface area contributed by atoms with E-state index >= 15 is 0 Å². The predicted molar refractivity (Wildman–Crippen MR) is 172 cm³/mol. The summed E-state index contributed by atoms with van der Waals surface area (Å²) in [7, 11) is -4.76. The first-order valence-corrected chi connectivity index (χ1v) is 20.3. The second-order valence-electron chi connectivity index (χ2n) is 13.9. The van der Waals surface area contributed by atoms with Crippen molar-refractivity contribution in [1.82, 2.24) is 9.97 Å². The maximum Gasteiger partial charge on any atom is 0.306 e. The first-order chi connectivity index (χ1) is 19.4. The number of carbonyl (C=O) groups is 1. The van der Waals surface area contributed by atoms with E-state index in [2.05, 4.69) is 47.7 Å². The van der Waals surface area contributed by atoms with Crippen LogP contribution in [0.4, 0.5) is 4.39 Å². The lowest BCUT2D eigenvalue weighted by atomic mass is 9.94. The maximum absolute atomic E-state index is 13.9.